The van der Waals surface area contributed by atoms with E-state index >= 15 is 0 Å². The molecule has 1 heterocycles. The van der Waals surface area contributed by atoms with E-state index in [0.717, 1.165) is 45.1 Å². The second-order valence-electron chi connectivity index (χ2n) is 13.3. The number of ether oxygens (including phenoxy) is 1. The number of para-hydroxylation sites is 2. The van der Waals surface area contributed by atoms with Crippen molar-refractivity contribution in [2.45, 2.75) is 0 Å². The Kier molecular flexibility index (Phi) is 7.18. The van der Waals surface area contributed by atoms with Gasteiger partial charge in [0, 0.05) is 28.0 Å². The maximum Gasteiger partial charge on any atom is 0.135 e. The van der Waals surface area contributed by atoms with Crippen molar-refractivity contribution in [2.75, 3.05) is 4.90 Å². The zero-order chi connectivity index (χ0) is 34.4. The molecule has 0 saturated heterocycles. The maximum atomic E-state index is 6.31. The highest BCUT2D eigenvalue weighted by Gasteiger charge is 2.21. The van der Waals surface area contributed by atoms with Gasteiger partial charge in [-0.05, 0) is 116 Å². The van der Waals surface area contributed by atoms with Gasteiger partial charge in [-0.2, -0.15) is 0 Å². The van der Waals surface area contributed by atoms with Gasteiger partial charge in [-0.15, -0.1) is 0 Å². The standard InChI is InChI=1S/C50H33NO/c1-2-15-41(16-3-1)51(42-29-27-35(28-30-42)34-23-25-37(26-24-34)45-20-9-12-36-11-4-5-18-44(36)45)43-17-8-13-38(32-43)40-31-39-14-10-22-49-50(39)47(33-40)46-19-6-7-21-48(46)52-49/h1-33H. The van der Waals surface area contributed by atoms with Gasteiger partial charge < -0.3 is 9.64 Å². The first-order chi connectivity index (χ1) is 25.8. The number of nitrogens with zero attached hydrogens (tertiary/aromatic N) is 1. The second-order valence-corrected chi connectivity index (χ2v) is 13.3. The van der Waals surface area contributed by atoms with Crippen LogP contribution in [-0.2, 0) is 0 Å². The van der Waals surface area contributed by atoms with Crippen molar-refractivity contribution in [3.05, 3.63) is 200 Å². The van der Waals surface area contributed by atoms with E-state index in [9.17, 15) is 0 Å². The minimum Gasteiger partial charge on any atom is -0.456 e. The van der Waals surface area contributed by atoms with Crippen LogP contribution in [0.25, 0.3) is 66.1 Å². The van der Waals surface area contributed by atoms with Crippen LogP contribution in [0.5, 0.6) is 11.5 Å². The second kappa shape index (κ2) is 12.5. The van der Waals surface area contributed by atoms with Gasteiger partial charge in [0.25, 0.3) is 0 Å². The molecule has 1 aliphatic heterocycles. The Morgan fingerprint density at radius 3 is 1.77 bits per heavy atom. The van der Waals surface area contributed by atoms with Crippen LogP contribution in [0.4, 0.5) is 17.1 Å². The molecule has 0 atom stereocenters. The maximum absolute atomic E-state index is 6.31. The van der Waals surface area contributed by atoms with Crippen LogP contribution >= 0.6 is 0 Å². The Morgan fingerprint density at radius 2 is 0.904 bits per heavy atom. The first kappa shape index (κ1) is 30.0. The van der Waals surface area contributed by atoms with Crippen molar-refractivity contribution in [3.8, 4) is 56.0 Å². The quantitative estimate of drug-likeness (QED) is 0.176. The van der Waals surface area contributed by atoms with E-state index in [2.05, 4.69) is 199 Å². The molecule has 10 rings (SSSR count). The van der Waals surface area contributed by atoms with Crippen LogP contribution in [-0.4, -0.2) is 0 Å². The minimum atomic E-state index is 0.896. The Morgan fingerprint density at radius 1 is 0.308 bits per heavy atom. The molecule has 0 spiro atoms. The molecule has 0 amide bonds. The van der Waals surface area contributed by atoms with Gasteiger partial charge >= 0.3 is 0 Å². The number of fused-ring (bicyclic) bond motifs is 3. The number of rotatable bonds is 6. The molecule has 0 fully saturated rings. The van der Waals surface area contributed by atoms with Crippen molar-refractivity contribution >= 4 is 38.6 Å². The fraction of sp³-hybridized carbons (Fsp3) is 0. The Labute approximate surface area is 303 Å². The third kappa shape index (κ3) is 5.21. The van der Waals surface area contributed by atoms with E-state index in [-0.39, 0.29) is 0 Å². The summed E-state index contributed by atoms with van der Waals surface area (Å²) in [6, 6.07) is 71.7. The van der Waals surface area contributed by atoms with E-state index in [1.165, 1.54) is 49.5 Å². The summed E-state index contributed by atoms with van der Waals surface area (Å²) >= 11 is 0. The van der Waals surface area contributed by atoms with Crippen LogP contribution in [0.3, 0.4) is 0 Å². The molecule has 0 aliphatic carbocycles. The fourth-order valence-corrected chi connectivity index (χ4v) is 7.73. The summed E-state index contributed by atoms with van der Waals surface area (Å²) < 4.78 is 6.31. The highest BCUT2D eigenvalue weighted by Crippen LogP contribution is 2.48. The fourth-order valence-electron chi connectivity index (χ4n) is 7.73. The van der Waals surface area contributed by atoms with Gasteiger partial charge in [-0.1, -0.05) is 140 Å². The molecule has 244 valence electrons. The molecule has 0 aromatic heterocycles. The molecule has 0 radical (unpaired) electrons. The number of hydrogen-bond acceptors (Lipinski definition) is 2. The van der Waals surface area contributed by atoms with Gasteiger partial charge in [0.1, 0.15) is 11.5 Å². The number of hydrogen-bond donors (Lipinski definition) is 0. The molecule has 0 saturated carbocycles. The zero-order valence-corrected chi connectivity index (χ0v) is 28.4. The van der Waals surface area contributed by atoms with Crippen LogP contribution in [0.1, 0.15) is 0 Å². The Hall–Kier alpha value is -6.90. The zero-order valence-electron chi connectivity index (χ0n) is 28.4. The van der Waals surface area contributed by atoms with Crippen LogP contribution in [0.15, 0.2) is 200 Å². The summed E-state index contributed by atoms with van der Waals surface area (Å²) in [7, 11) is 0. The van der Waals surface area contributed by atoms with Crippen molar-refractivity contribution in [1.82, 2.24) is 0 Å². The molecule has 2 nitrogen and oxygen atoms in total. The van der Waals surface area contributed by atoms with Gasteiger partial charge in [0.2, 0.25) is 0 Å². The van der Waals surface area contributed by atoms with Gasteiger partial charge in [-0.25, -0.2) is 0 Å². The van der Waals surface area contributed by atoms with Crippen LogP contribution in [0.2, 0.25) is 0 Å². The summed E-state index contributed by atoms with van der Waals surface area (Å²) in [5, 5.41) is 4.87. The Bertz CT molecular complexity index is 2740. The summed E-state index contributed by atoms with van der Waals surface area (Å²) in [5.74, 6) is 1.80. The topological polar surface area (TPSA) is 12.5 Å². The van der Waals surface area contributed by atoms with E-state index in [4.69, 9.17) is 4.74 Å². The van der Waals surface area contributed by atoms with E-state index in [0.29, 0.717) is 0 Å². The summed E-state index contributed by atoms with van der Waals surface area (Å²) in [4.78, 5) is 2.34. The molecule has 9 aromatic carbocycles. The molecule has 1 aliphatic rings. The average Bonchev–Trinajstić information content (AvgIpc) is 3.22. The van der Waals surface area contributed by atoms with Crippen molar-refractivity contribution in [3.63, 3.8) is 0 Å². The highest BCUT2D eigenvalue weighted by molar-refractivity contribution is 6.06. The summed E-state index contributed by atoms with van der Waals surface area (Å²) in [6.07, 6.45) is 0. The lowest BCUT2D eigenvalue weighted by Gasteiger charge is -2.26. The first-order valence-corrected chi connectivity index (χ1v) is 17.8. The van der Waals surface area contributed by atoms with Crippen LogP contribution in [0, 0.1) is 0 Å². The van der Waals surface area contributed by atoms with Gasteiger partial charge in [0.05, 0.1) is 0 Å². The molecule has 0 N–H and O–H groups in total. The average molecular weight is 664 g/mol. The van der Waals surface area contributed by atoms with Crippen molar-refractivity contribution in [2.24, 2.45) is 0 Å². The molecule has 0 bridgehead atoms. The summed E-state index contributed by atoms with van der Waals surface area (Å²) in [5.41, 5.74) is 12.8. The minimum absolute atomic E-state index is 0.896. The SMILES string of the molecule is c1ccc(N(c2ccc(-c3ccc(-c4cccc5ccccc45)cc3)cc2)c2cccc(-c3cc4c5c(cccc5c3)Oc3ccccc3-4)c2)cc1. The predicted molar refractivity (Wildman–Crippen MR) is 218 cm³/mol. The normalized spacial score (nSPS) is 11.6. The number of anilines is 3. The lowest BCUT2D eigenvalue weighted by atomic mass is 9.90. The third-order valence-electron chi connectivity index (χ3n) is 10.2. The van der Waals surface area contributed by atoms with E-state index in [1.54, 1.807) is 0 Å². The molecular weight excluding hydrogens is 631 g/mol. The highest BCUT2D eigenvalue weighted by atomic mass is 16.5. The lowest BCUT2D eigenvalue weighted by Crippen LogP contribution is -2.09. The number of benzene rings is 9. The molecule has 2 heteroatoms. The third-order valence-corrected chi connectivity index (χ3v) is 10.2. The summed E-state index contributed by atoms with van der Waals surface area (Å²) in [6.45, 7) is 0. The lowest BCUT2D eigenvalue weighted by molar-refractivity contribution is 0.487. The molecule has 52 heavy (non-hydrogen) atoms. The smallest absolute Gasteiger partial charge is 0.135 e. The molecular formula is C50H33NO. The van der Waals surface area contributed by atoms with Crippen LogP contribution < -0.4 is 9.64 Å². The van der Waals surface area contributed by atoms with E-state index < -0.39 is 0 Å². The largest absolute Gasteiger partial charge is 0.456 e. The van der Waals surface area contributed by atoms with Gasteiger partial charge in [-0.3, -0.25) is 0 Å². The van der Waals surface area contributed by atoms with E-state index in [1.807, 2.05) is 6.07 Å². The predicted octanol–water partition coefficient (Wildman–Crippen LogP) is 14.2. The van der Waals surface area contributed by atoms with Crippen molar-refractivity contribution in [1.29, 1.82) is 0 Å². The van der Waals surface area contributed by atoms with Crippen molar-refractivity contribution < 1.29 is 4.74 Å². The van der Waals surface area contributed by atoms with Gasteiger partial charge in [0.15, 0.2) is 0 Å². The molecule has 9 aromatic rings. The monoisotopic (exact) mass is 663 g/mol. The first-order valence-electron chi connectivity index (χ1n) is 17.8. The molecule has 0 unspecified atom stereocenters. The Balaban J connectivity index is 1.01.